The van der Waals surface area contributed by atoms with Gasteiger partial charge in [0.2, 0.25) is 0 Å². The van der Waals surface area contributed by atoms with E-state index >= 15 is 0 Å². The summed E-state index contributed by atoms with van der Waals surface area (Å²) >= 11 is 0. The first kappa shape index (κ1) is 22.3. The van der Waals surface area contributed by atoms with Gasteiger partial charge in [0.15, 0.2) is 0 Å². The molecule has 0 saturated carbocycles. The molecule has 1 saturated heterocycles. The normalized spacial score (nSPS) is 19.3. The molecule has 0 bridgehead atoms. The van der Waals surface area contributed by atoms with Crippen molar-refractivity contribution in [3.8, 4) is 5.69 Å². The van der Waals surface area contributed by atoms with Gasteiger partial charge in [0, 0.05) is 51.7 Å². The highest BCUT2D eigenvalue weighted by molar-refractivity contribution is 5.34. The Bertz CT molecular complexity index is 976. The minimum absolute atomic E-state index is 0.687. The molecular formula is C28H36N4O. The second kappa shape index (κ2) is 10.6. The lowest BCUT2D eigenvalue weighted by molar-refractivity contribution is 0.0844. The van der Waals surface area contributed by atoms with Gasteiger partial charge in [0.1, 0.15) is 0 Å². The third kappa shape index (κ3) is 5.55. The highest BCUT2D eigenvalue weighted by Gasteiger charge is 2.31. The largest absolute Gasteiger partial charge is 0.383 e. The highest BCUT2D eigenvalue weighted by atomic mass is 16.5. The zero-order chi connectivity index (χ0) is 22.5. The molecule has 3 aromatic rings. The number of methoxy groups -OCH3 is 1. The predicted octanol–water partition coefficient (Wildman–Crippen LogP) is 4.20. The first-order valence-electron chi connectivity index (χ1n) is 12.4. The van der Waals surface area contributed by atoms with E-state index in [4.69, 9.17) is 4.74 Å². The van der Waals surface area contributed by atoms with Gasteiger partial charge in [-0.1, -0.05) is 36.4 Å². The minimum Gasteiger partial charge on any atom is -0.383 e. The summed E-state index contributed by atoms with van der Waals surface area (Å²) in [6, 6.07) is 20.5. The van der Waals surface area contributed by atoms with E-state index in [2.05, 4.69) is 63.4 Å². The van der Waals surface area contributed by atoms with E-state index in [9.17, 15) is 0 Å². The van der Waals surface area contributed by atoms with E-state index in [0.29, 0.717) is 6.04 Å². The van der Waals surface area contributed by atoms with Crippen molar-refractivity contribution in [2.45, 2.75) is 38.3 Å². The molecule has 1 atom stereocenters. The number of piperidine rings is 1. The Morgan fingerprint density at radius 3 is 2.52 bits per heavy atom. The molecule has 33 heavy (non-hydrogen) atoms. The number of ether oxygens (including phenoxy) is 1. The fraction of sp³-hybridized carbons (Fsp3) is 0.464. The average molecular weight is 445 g/mol. The van der Waals surface area contributed by atoms with Crippen molar-refractivity contribution < 1.29 is 4.74 Å². The number of hydrogen-bond donors (Lipinski definition) is 0. The quantitative estimate of drug-likeness (QED) is 0.495. The van der Waals surface area contributed by atoms with Crippen molar-refractivity contribution in [3.05, 3.63) is 83.7 Å². The molecule has 1 fully saturated rings. The van der Waals surface area contributed by atoms with Gasteiger partial charge in [-0.15, -0.1) is 0 Å². The maximum atomic E-state index is 5.44. The van der Waals surface area contributed by atoms with Gasteiger partial charge in [-0.2, -0.15) is 5.10 Å². The molecule has 0 spiro atoms. The van der Waals surface area contributed by atoms with Gasteiger partial charge in [-0.05, 0) is 73.0 Å². The van der Waals surface area contributed by atoms with Crippen molar-refractivity contribution >= 4 is 0 Å². The lowest BCUT2D eigenvalue weighted by Crippen LogP contribution is -2.46. The first-order chi connectivity index (χ1) is 16.3. The SMILES string of the molecule is COCCN(Cc1ccc(-n2cccn2)cc1)CC1CCCN(C2Cc3ccccc3C2)C1. The molecule has 174 valence electrons. The fourth-order valence-electron chi connectivity index (χ4n) is 5.63. The van der Waals surface area contributed by atoms with E-state index in [1.54, 1.807) is 18.2 Å². The topological polar surface area (TPSA) is 33.5 Å². The molecule has 0 N–H and O–H groups in total. The second-order valence-corrected chi connectivity index (χ2v) is 9.68. The molecule has 5 nitrogen and oxygen atoms in total. The Kier molecular flexibility index (Phi) is 7.20. The second-order valence-electron chi connectivity index (χ2n) is 9.68. The van der Waals surface area contributed by atoms with E-state index in [0.717, 1.165) is 37.8 Å². The first-order valence-corrected chi connectivity index (χ1v) is 12.4. The summed E-state index contributed by atoms with van der Waals surface area (Å²) in [5, 5.41) is 4.33. The standard InChI is InChI=1S/C28H36N4O/c1-33-17-16-30(20-23-9-11-27(12-10-23)32-15-5-13-29-32)21-24-6-4-14-31(22-24)28-18-25-7-2-3-8-26(25)19-28/h2-3,5,7-13,15,24,28H,4,6,14,16-22H2,1H3. The smallest absolute Gasteiger partial charge is 0.0645 e. The number of fused-ring (bicyclic) bond motifs is 1. The van der Waals surface area contributed by atoms with Crippen LogP contribution in [-0.4, -0.2) is 65.5 Å². The van der Waals surface area contributed by atoms with Crippen LogP contribution in [0.25, 0.3) is 5.69 Å². The summed E-state index contributed by atoms with van der Waals surface area (Å²) in [5.74, 6) is 0.725. The summed E-state index contributed by atoms with van der Waals surface area (Å²) < 4.78 is 7.35. The van der Waals surface area contributed by atoms with Gasteiger partial charge >= 0.3 is 0 Å². The monoisotopic (exact) mass is 444 g/mol. The molecule has 1 aliphatic heterocycles. The van der Waals surface area contributed by atoms with Crippen molar-refractivity contribution in [2.24, 2.45) is 5.92 Å². The van der Waals surface area contributed by atoms with Crippen LogP contribution >= 0.6 is 0 Å². The van der Waals surface area contributed by atoms with E-state index in [1.165, 1.54) is 44.3 Å². The summed E-state index contributed by atoms with van der Waals surface area (Å²) in [6.45, 7) is 6.33. The number of hydrogen-bond acceptors (Lipinski definition) is 4. The fourth-order valence-corrected chi connectivity index (χ4v) is 5.63. The van der Waals surface area contributed by atoms with E-state index in [1.807, 2.05) is 23.1 Å². The highest BCUT2D eigenvalue weighted by Crippen LogP contribution is 2.29. The molecule has 2 aromatic carbocycles. The van der Waals surface area contributed by atoms with E-state index in [-0.39, 0.29) is 0 Å². The van der Waals surface area contributed by atoms with Gasteiger partial charge in [-0.25, -0.2) is 4.68 Å². The lowest BCUT2D eigenvalue weighted by atomic mass is 9.95. The third-order valence-electron chi connectivity index (χ3n) is 7.34. The zero-order valence-electron chi connectivity index (χ0n) is 19.8. The van der Waals surface area contributed by atoms with Crippen LogP contribution in [0.5, 0.6) is 0 Å². The van der Waals surface area contributed by atoms with Crippen LogP contribution in [0.1, 0.15) is 29.5 Å². The Morgan fingerprint density at radius 1 is 1.03 bits per heavy atom. The average Bonchev–Trinajstić information content (AvgIpc) is 3.53. The zero-order valence-corrected chi connectivity index (χ0v) is 19.8. The van der Waals surface area contributed by atoms with Crippen molar-refractivity contribution in [3.63, 3.8) is 0 Å². The number of nitrogens with zero attached hydrogens (tertiary/aromatic N) is 4. The molecular weight excluding hydrogens is 408 g/mol. The maximum absolute atomic E-state index is 5.44. The van der Waals surface area contributed by atoms with Crippen LogP contribution in [0, 0.1) is 5.92 Å². The van der Waals surface area contributed by atoms with Crippen molar-refractivity contribution in [2.75, 3.05) is 39.9 Å². The summed E-state index contributed by atoms with van der Waals surface area (Å²) in [4.78, 5) is 5.37. The molecule has 1 aliphatic carbocycles. The Morgan fingerprint density at radius 2 is 1.82 bits per heavy atom. The van der Waals surface area contributed by atoms with Crippen LogP contribution < -0.4 is 0 Å². The van der Waals surface area contributed by atoms with Crippen LogP contribution in [0.2, 0.25) is 0 Å². The van der Waals surface area contributed by atoms with Gasteiger partial charge < -0.3 is 4.74 Å². The van der Waals surface area contributed by atoms with Crippen molar-refractivity contribution in [1.82, 2.24) is 19.6 Å². The summed E-state index contributed by atoms with van der Waals surface area (Å²) in [6.07, 6.45) is 8.89. The summed E-state index contributed by atoms with van der Waals surface area (Å²) in [5.41, 5.74) is 5.57. The van der Waals surface area contributed by atoms with Crippen LogP contribution in [0.4, 0.5) is 0 Å². The third-order valence-corrected chi connectivity index (χ3v) is 7.34. The maximum Gasteiger partial charge on any atom is 0.0645 e. The molecule has 2 heterocycles. The molecule has 0 amide bonds. The molecule has 5 rings (SSSR count). The molecule has 0 radical (unpaired) electrons. The predicted molar refractivity (Wildman–Crippen MR) is 133 cm³/mol. The van der Waals surface area contributed by atoms with E-state index < -0.39 is 0 Å². The molecule has 5 heteroatoms. The van der Waals surface area contributed by atoms with Crippen LogP contribution in [-0.2, 0) is 24.1 Å². The van der Waals surface area contributed by atoms with Crippen LogP contribution in [0.3, 0.4) is 0 Å². The van der Waals surface area contributed by atoms with Crippen molar-refractivity contribution in [1.29, 1.82) is 0 Å². The number of benzene rings is 2. The Labute approximate surface area is 198 Å². The van der Waals surface area contributed by atoms with Gasteiger partial charge in [0.25, 0.3) is 0 Å². The summed E-state index contributed by atoms with van der Waals surface area (Å²) in [7, 11) is 1.80. The molecule has 1 aromatic heterocycles. The minimum atomic E-state index is 0.687. The number of likely N-dealkylation sites (tertiary alicyclic amines) is 1. The number of rotatable bonds is 9. The Balaban J connectivity index is 1.19. The van der Waals surface area contributed by atoms with Crippen LogP contribution in [0.15, 0.2) is 67.0 Å². The van der Waals surface area contributed by atoms with Gasteiger partial charge in [0.05, 0.1) is 12.3 Å². The molecule has 2 aliphatic rings. The Hall–Kier alpha value is -2.47. The van der Waals surface area contributed by atoms with Gasteiger partial charge in [-0.3, -0.25) is 9.80 Å². The lowest BCUT2D eigenvalue weighted by Gasteiger charge is -2.38. The number of aromatic nitrogens is 2. The molecule has 1 unspecified atom stereocenters.